The first-order valence-electron chi connectivity index (χ1n) is 8.88. The number of aromatic nitrogens is 4. The monoisotopic (exact) mass is 350 g/mol. The maximum Gasteiger partial charge on any atom is 0.275 e. The number of fused-ring (bicyclic) bond motifs is 1. The van der Waals surface area contributed by atoms with Gasteiger partial charge in [0.25, 0.3) is 5.91 Å². The number of piperidine rings is 1. The van der Waals surface area contributed by atoms with Crippen molar-refractivity contribution >= 4 is 22.6 Å². The highest BCUT2D eigenvalue weighted by Gasteiger charge is 2.26. The molecule has 0 aliphatic carbocycles. The van der Waals surface area contributed by atoms with Crippen molar-refractivity contribution in [2.75, 3.05) is 18.4 Å². The van der Waals surface area contributed by atoms with Crippen LogP contribution in [0.4, 0.5) is 5.82 Å². The Morgan fingerprint density at radius 3 is 2.73 bits per heavy atom. The summed E-state index contributed by atoms with van der Waals surface area (Å²) in [6.07, 6.45) is 3.35. The second-order valence-corrected chi connectivity index (χ2v) is 6.74. The smallest absolute Gasteiger partial charge is 0.275 e. The number of nitrogens with one attached hydrogen (secondary N) is 1. The molecule has 0 saturated carbocycles. The van der Waals surface area contributed by atoms with Crippen LogP contribution in [0.5, 0.6) is 0 Å². The van der Waals surface area contributed by atoms with E-state index in [0.29, 0.717) is 24.8 Å². The molecule has 1 aliphatic heterocycles. The molecule has 0 radical (unpaired) electrons. The number of likely N-dealkylation sites (tertiary alicyclic amines) is 1. The van der Waals surface area contributed by atoms with Crippen molar-refractivity contribution in [1.29, 1.82) is 0 Å². The van der Waals surface area contributed by atoms with E-state index in [1.807, 2.05) is 49.2 Å². The van der Waals surface area contributed by atoms with Gasteiger partial charge in [-0.25, -0.2) is 9.97 Å². The molecular formula is C19H22N6O. The Hall–Kier alpha value is -2.96. The van der Waals surface area contributed by atoms with Gasteiger partial charge >= 0.3 is 0 Å². The molecule has 0 bridgehead atoms. The number of hydrogen-bond acceptors (Lipinski definition) is 5. The molecule has 1 saturated heterocycles. The summed E-state index contributed by atoms with van der Waals surface area (Å²) in [5.74, 6) is 0.858. The van der Waals surface area contributed by atoms with Crippen LogP contribution in [0.1, 0.15) is 29.0 Å². The molecular weight excluding hydrogens is 328 g/mol. The lowest BCUT2D eigenvalue weighted by Gasteiger charge is -2.32. The summed E-state index contributed by atoms with van der Waals surface area (Å²) in [5, 5.41) is 8.81. The van der Waals surface area contributed by atoms with Crippen molar-refractivity contribution in [3.05, 3.63) is 48.0 Å². The third-order valence-corrected chi connectivity index (χ3v) is 4.90. The zero-order chi connectivity index (χ0) is 18.1. The Bertz CT molecular complexity index is 942. The summed E-state index contributed by atoms with van der Waals surface area (Å²) in [5.41, 5.74) is 2.46. The standard InChI is InChI=1S/C19H22N6O/c1-13-11-17(21-12-20-13)22-14-7-9-25(10-8-14)19(26)18-15-5-3-4-6-16(15)24(2)23-18/h3-6,11-12,14H,7-10H2,1-2H3,(H,20,21,22). The van der Waals surface area contributed by atoms with E-state index in [0.717, 1.165) is 35.3 Å². The molecule has 1 amide bonds. The Kier molecular flexibility index (Phi) is 4.28. The van der Waals surface area contributed by atoms with Gasteiger partial charge in [0.05, 0.1) is 5.52 Å². The number of aryl methyl sites for hydroxylation is 2. The number of para-hydroxylation sites is 1. The van der Waals surface area contributed by atoms with Crippen molar-refractivity contribution in [2.45, 2.75) is 25.8 Å². The lowest BCUT2D eigenvalue weighted by atomic mass is 10.0. The minimum absolute atomic E-state index is 0.0122. The van der Waals surface area contributed by atoms with Gasteiger partial charge < -0.3 is 10.2 Å². The molecule has 134 valence electrons. The number of rotatable bonds is 3. The highest BCUT2D eigenvalue weighted by molar-refractivity contribution is 6.04. The van der Waals surface area contributed by atoms with Gasteiger partial charge in [-0.3, -0.25) is 9.48 Å². The Morgan fingerprint density at radius 1 is 1.19 bits per heavy atom. The molecule has 1 aliphatic rings. The van der Waals surface area contributed by atoms with Gasteiger partial charge in [0.2, 0.25) is 0 Å². The summed E-state index contributed by atoms with van der Waals surface area (Å²) in [6, 6.07) is 10.1. The molecule has 4 rings (SSSR count). The van der Waals surface area contributed by atoms with E-state index in [9.17, 15) is 4.79 Å². The lowest BCUT2D eigenvalue weighted by molar-refractivity contribution is 0.0713. The quantitative estimate of drug-likeness (QED) is 0.785. The molecule has 1 fully saturated rings. The zero-order valence-corrected chi connectivity index (χ0v) is 15.0. The number of benzene rings is 1. The van der Waals surface area contributed by atoms with E-state index in [2.05, 4.69) is 20.4 Å². The van der Waals surface area contributed by atoms with Crippen LogP contribution in [0.15, 0.2) is 36.7 Å². The van der Waals surface area contributed by atoms with Gasteiger partial charge in [-0.05, 0) is 25.8 Å². The first-order valence-corrected chi connectivity index (χ1v) is 8.88. The lowest BCUT2D eigenvalue weighted by Crippen LogP contribution is -2.42. The SMILES string of the molecule is Cc1cc(NC2CCN(C(=O)c3nn(C)c4ccccc34)CC2)ncn1. The molecule has 7 nitrogen and oxygen atoms in total. The molecule has 7 heteroatoms. The van der Waals surface area contributed by atoms with E-state index in [1.165, 1.54) is 0 Å². The minimum atomic E-state index is 0.0122. The predicted octanol–water partition coefficient (Wildman–Crippen LogP) is 2.39. The van der Waals surface area contributed by atoms with Gasteiger partial charge in [0, 0.05) is 43.3 Å². The molecule has 26 heavy (non-hydrogen) atoms. The second kappa shape index (κ2) is 6.74. The molecule has 2 aromatic heterocycles. The van der Waals surface area contributed by atoms with Crippen molar-refractivity contribution < 1.29 is 4.79 Å². The molecule has 0 spiro atoms. The first kappa shape index (κ1) is 16.5. The second-order valence-electron chi connectivity index (χ2n) is 6.74. The van der Waals surface area contributed by atoms with E-state index >= 15 is 0 Å². The van der Waals surface area contributed by atoms with Gasteiger partial charge in [-0.15, -0.1) is 0 Å². The largest absolute Gasteiger partial charge is 0.367 e. The fourth-order valence-electron chi connectivity index (χ4n) is 3.49. The number of carbonyl (C=O) groups is 1. The highest BCUT2D eigenvalue weighted by Crippen LogP contribution is 2.22. The average Bonchev–Trinajstić information content (AvgIpc) is 2.99. The van der Waals surface area contributed by atoms with Crippen molar-refractivity contribution in [1.82, 2.24) is 24.6 Å². The van der Waals surface area contributed by atoms with Gasteiger partial charge in [-0.2, -0.15) is 5.10 Å². The van der Waals surface area contributed by atoms with Gasteiger partial charge in [0.1, 0.15) is 12.1 Å². The van der Waals surface area contributed by atoms with Crippen LogP contribution >= 0.6 is 0 Å². The summed E-state index contributed by atoms with van der Waals surface area (Å²) >= 11 is 0. The number of anilines is 1. The van der Waals surface area contributed by atoms with E-state index in [1.54, 1.807) is 11.0 Å². The highest BCUT2D eigenvalue weighted by atomic mass is 16.2. The minimum Gasteiger partial charge on any atom is -0.367 e. The predicted molar refractivity (Wildman–Crippen MR) is 100 cm³/mol. The number of amides is 1. The third kappa shape index (κ3) is 3.12. The molecule has 3 heterocycles. The zero-order valence-electron chi connectivity index (χ0n) is 15.0. The molecule has 3 aromatic rings. The van der Waals surface area contributed by atoms with E-state index < -0.39 is 0 Å². The Balaban J connectivity index is 1.43. The van der Waals surface area contributed by atoms with Gasteiger partial charge in [0.15, 0.2) is 5.69 Å². The fourth-order valence-corrected chi connectivity index (χ4v) is 3.49. The summed E-state index contributed by atoms with van der Waals surface area (Å²) in [7, 11) is 1.87. The average molecular weight is 350 g/mol. The van der Waals surface area contributed by atoms with Crippen LogP contribution in [-0.2, 0) is 7.05 Å². The first-order chi connectivity index (χ1) is 12.6. The molecule has 1 N–H and O–H groups in total. The molecule has 0 atom stereocenters. The number of nitrogens with zero attached hydrogens (tertiary/aromatic N) is 5. The van der Waals surface area contributed by atoms with Crippen LogP contribution < -0.4 is 5.32 Å². The number of carbonyl (C=O) groups excluding carboxylic acids is 1. The third-order valence-electron chi connectivity index (χ3n) is 4.90. The fraction of sp³-hybridized carbons (Fsp3) is 0.368. The van der Waals surface area contributed by atoms with Crippen LogP contribution in [0.25, 0.3) is 10.9 Å². The van der Waals surface area contributed by atoms with Gasteiger partial charge in [-0.1, -0.05) is 18.2 Å². The maximum atomic E-state index is 12.9. The van der Waals surface area contributed by atoms with Crippen molar-refractivity contribution in [3.8, 4) is 0 Å². The Morgan fingerprint density at radius 2 is 1.96 bits per heavy atom. The summed E-state index contributed by atoms with van der Waals surface area (Å²) in [6.45, 7) is 3.38. The molecule has 1 aromatic carbocycles. The van der Waals surface area contributed by atoms with Crippen molar-refractivity contribution in [3.63, 3.8) is 0 Å². The van der Waals surface area contributed by atoms with Crippen LogP contribution in [0.3, 0.4) is 0 Å². The molecule has 0 unspecified atom stereocenters. The Labute approximate surface area is 152 Å². The van der Waals surface area contributed by atoms with E-state index in [-0.39, 0.29) is 5.91 Å². The topological polar surface area (TPSA) is 75.9 Å². The summed E-state index contributed by atoms with van der Waals surface area (Å²) < 4.78 is 1.77. The van der Waals surface area contributed by atoms with Crippen LogP contribution in [0, 0.1) is 6.92 Å². The van der Waals surface area contributed by atoms with E-state index in [4.69, 9.17) is 0 Å². The summed E-state index contributed by atoms with van der Waals surface area (Å²) in [4.78, 5) is 23.2. The normalized spacial score (nSPS) is 15.4. The van der Waals surface area contributed by atoms with Crippen molar-refractivity contribution in [2.24, 2.45) is 7.05 Å². The van der Waals surface area contributed by atoms with Crippen LogP contribution in [-0.4, -0.2) is 49.7 Å². The van der Waals surface area contributed by atoms with Crippen LogP contribution in [0.2, 0.25) is 0 Å². The maximum absolute atomic E-state index is 12.9. The number of hydrogen-bond donors (Lipinski definition) is 1.